The van der Waals surface area contributed by atoms with Gasteiger partial charge in [-0.2, -0.15) is 0 Å². The van der Waals surface area contributed by atoms with Crippen molar-refractivity contribution in [2.75, 3.05) is 38.7 Å². The molecule has 2 aliphatic rings. The Kier molecular flexibility index (Phi) is 13.7. The Morgan fingerprint density at radius 2 is 1.88 bits per heavy atom. The zero-order valence-corrected chi connectivity index (χ0v) is 29.9. The molecule has 12 nitrogen and oxygen atoms in total. The fourth-order valence-corrected chi connectivity index (χ4v) is 7.86. The number of allylic oxidation sites excluding steroid dienone is 2. The van der Waals surface area contributed by atoms with Crippen molar-refractivity contribution in [2.45, 2.75) is 67.9 Å². The Balaban J connectivity index is 1.10. The van der Waals surface area contributed by atoms with Crippen LogP contribution in [0.5, 0.6) is 5.88 Å². The fraction of sp³-hybridized carbons (Fsp3) is 0.500. The predicted octanol–water partition coefficient (Wildman–Crippen LogP) is 4.81. The van der Waals surface area contributed by atoms with Crippen molar-refractivity contribution in [3.8, 4) is 17.7 Å². The van der Waals surface area contributed by atoms with Crippen LogP contribution in [0.2, 0.25) is 0 Å². The van der Waals surface area contributed by atoms with Crippen LogP contribution in [-0.2, 0) is 28.9 Å². The van der Waals surface area contributed by atoms with Crippen LogP contribution in [0, 0.1) is 34.3 Å². The number of halogens is 1. The van der Waals surface area contributed by atoms with Crippen molar-refractivity contribution in [1.82, 2.24) is 10.1 Å². The van der Waals surface area contributed by atoms with E-state index < -0.39 is 26.7 Å². The maximum absolute atomic E-state index is 12.8. The SMILES string of the molecule is C=C[C@]1(C)CC[C@@H](C(=C)CN2CC[C@H](OC(=O)CCCC(=O)OCC#CCOc3no[n+]([O-])c3S(=O)(=O)c3ccccc3)C2)C[C@H]1C(=C)CCl. The number of alkyl halides is 1. The molecule has 50 heavy (non-hydrogen) atoms. The van der Waals surface area contributed by atoms with Gasteiger partial charge in [-0.05, 0) is 66.4 Å². The van der Waals surface area contributed by atoms with Gasteiger partial charge in [0.1, 0.15) is 6.10 Å². The fourth-order valence-electron chi connectivity index (χ4n) is 6.38. The van der Waals surface area contributed by atoms with Crippen molar-refractivity contribution >= 4 is 33.4 Å². The largest absolute Gasteiger partial charge is 0.461 e. The Labute approximate surface area is 298 Å². The number of aromatic nitrogens is 2. The normalized spacial score (nSPS) is 22.2. The Hall–Kier alpha value is -4.12. The lowest BCUT2D eigenvalue weighted by molar-refractivity contribution is -0.832. The molecule has 1 aliphatic carbocycles. The van der Waals surface area contributed by atoms with E-state index in [0.717, 1.165) is 44.3 Å². The molecule has 0 spiro atoms. The van der Waals surface area contributed by atoms with Gasteiger partial charge in [-0.15, -0.1) is 18.2 Å². The van der Waals surface area contributed by atoms with E-state index in [0.29, 0.717) is 18.3 Å². The molecule has 0 N–H and O–H groups in total. The van der Waals surface area contributed by atoms with Crippen LogP contribution in [0.25, 0.3) is 0 Å². The molecular formula is C36H44ClN3O9S. The first kappa shape index (κ1) is 38.7. The van der Waals surface area contributed by atoms with Gasteiger partial charge in [-0.25, -0.2) is 8.42 Å². The minimum atomic E-state index is -4.25. The van der Waals surface area contributed by atoms with Gasteiger partial charge in [-0.3, -0.25) is 19.1 Å². The molecule has 1 saturated heterocycles. The van der Waals surface area contributed by atoms with E-state index in [2.05, 4.69) is 53.2 Å². The van der Waals surface area contributed by atoms with E-state index in [4.69, 9.17) is 25.8 Å². The number of ether oxygens (including phenoxy) is 3. The van der Waals surface area contributed by atoms with Crippen LogP contribution in [0.15, 0.2) is 81.8 Å². The number of nitrogens with zero attached hydrogens (tertiary/aromatic N) is 3. The van der Waals surface area contributed by atoms with Crippen molar-refractivity contribution in [3.05, 3.63) is 72.5 Å². The summed E-state index contributed by atoms with van der Waals surface area (Å²) in [4.78, 5) is 26.4. The second kappa shape index (κ2) is 17.7. The molecule has 4 rings (SSSR count). The number of carbonyl (C=O) groups is 2. The molecular weight excluding hydrogens is 686 g/mol. The molecule has 0 amide bonds. The van der Waals surface area contributed by atoms with E-state index in [1.807, 2.05) is 6.08 Å². The van der Waals surface area contributed by atoms with E-state index in [1.165, 1.54) is 29.8 Å². The summed E-state index contributed by atoms with van der Waals surface area (Å²) < 4.78 is 45.9. The second-order valence-corrected chi connectivity index (χ2v) is 15.0. The smallest absolute Gasteiger partial charge is 0.415 e. The summed E-state index contributed by atoms with van der Waals surface area (Å²) in [6, 6.07) is 7.28. The van der Waals surface area contributed by atoms with E-state index in [1.54, 1.807) is 6.07 Å². The summed E-state index contributed by atoms with van der Waals surface area (Å²) in [7, 11) is -4.25. The Bertz CT molecular complexity index is 1720. The molecule has 1 aromatic heterocycles. The molecule has 14 heteroatoms. The summed E-state index contributed by atoms with van der Waals surface area (Å²) in [6.07, 6.45) is 5.95. The van der Waals surface area contributed by atoms with Crippen molar-refractivity contribution in [1.29, 1.82) is 0 Å². The van der Waals surface area contributed by atoms with Gasteiger partial charge >= 0.3 is 22.8 Å². The van der Waals surface area contributed by atoms with Gasteiger partial charge in [0.15, 0.2) is 13.2 Å². The van der Waals surface area contributed by atoms with Gasteiger partial charge in [-0.1, -0.05) is 67.3 Å². The second-order valence-electron chi connectivity index (χ2n) is 12.8. The van der Waals surface area contributed by atoms with E-state index >= 15 is 0 Å². The lowest BCUT2D eigenvalue weighted by Crippen LogP contribution is -2.36. The lowest BCUT2D eigenvalue weighted by Gasteiger charge is -2.44. The monoisotopic (exact) mass is 729 g/mol. The number of benzene rings is 1. The molecule has 0 unspecified atom stereocenters. The molecule has 2 aromatic rings. The molecule has 2 heterocycles. The third-order valence-corrected chi connectivity index (χ3v) is 11.4. The molecule has 270 valence electrons. The predicted molar refractivity (Wildman–Crippen MR) is 185 cm³/mol. The van der Waals surface area contributed by atoms with Gasteiger partial charge in [0.25, 0.3) is 9.84 Å². The van der Waals surface area contributed by atoms with Crippen molar-refractivity contribution in [2.24, 2.45) is 17.3 Å². The first-order valence-electron chi connectivity index (χ1n) is 16.5. The summed E-state index contributed by atoms with van der Waals surface area (Å²) in [5, 5.41) is 14.5. The molecule has 2 fully saturated rings. The summed E-state index contributed by atoms with van der Waals surface area (Å²) in [6.45, 7) is 16.5. The first-order valence-corrected chi connectivity index (χ1v) is 18.5. The number of rotatable bonds is 16. The van der Waals surface area contributed by atoms with Crippen molar-refractivity contribution < 1.29 is 41.7 Å². The van der Waals surface area contributed by atoms with Crippen LogP contribution < -0.4 is 9.64 Å². The van der Waals surface area contributed by atoms with Crippen LogP contribution >= 0.6 is 11.6 Å². The average molecular weight is 730 g/mol. The molecule has 4 atom stereocenters. The van der Waals surface area contributed by atoms with E-state index in [-0.39, 0.29) is 65.7 Å². The topological polar surface area (TPSA) is 152 Å². The summed E-state index contributed by atoms with van der Waals surface area (Å²) >= 11 is 6.16. The number of sulfone groups is 1. The minimum absolute atomic E-state index is 0.00920. The highest BCUT2D eigenvalue weighted by molar-refractivity contribution is 7.91. The van der Waals surface area contributed by atoms with Gasteiger partial charge in [0.05, 0.1) is 10.1 Å². The van der Waals surface area contributed by atoms with Crippen LogP contribution in [0.3, 0.4) is 0 Å². The third kappa shape index (κ3) is 9.99. The lowest BCUT2D eigenvalue weighted by atomic mass is 9.61. The van der Waals surface area contributed by atoms with Crippen LogP contribution in [-0.4, -0.2) is 75.2 Å². The highest BCUT2D eigenvalue weighted by atomic mass is 35.5. The highest BCUT2D eigenvalue weighted by Crippen LogP contribution is 2.49. The zero-order valence-electron chi connectivity index (χ0n) is 28.3. The van der Waals surface area contributed by atoms with Crippen LogP contribution in [0.1, 0.15) is 51.9 Å². The third-order valence-electron chi connectivity index (χ3n) is 9.34. The zero-order chi connectivity index (χ0) is 36.3. The quantitative estimate of drug-likeness (QED) is 0.0769. The maximum Gasteiger partial charge on any atom is 0.415 e. The minimum Gasteiger partial charge on any atom is -0.461 e. The van der Waals surface area contributed by atoms with Gasteiger partial charge in [0, 0.05) is 38.4 Å². The Morgan fingerprint density at radius 1 is 1.16 bits per heavy atom. The number of esters is 2. The average Bonchev–Trinajstić information content (AvgIpc) is 3.71. The maximum atomic E-state index is 12.8. The molecule has 0 radical (unpaired) electrons. The number of likely N-dealkylation sites (tertiary alicyclic amines) is 1. The van der Waals surface area contributed by atoms with Crippen LogP contribution in [0.4, 0.5) is 0 Å². The summed E-state index contributed by atoms with van der Waals surface area (Å²) in [5.74, 6) is 4.75. The Morgan fingerprint density at radius 3 is 2.60 bits per heavy atom. The van der Waals surface area contributed by atoms with Gasteiger partial charge < -0.3 is 19.4 Å². The van der Waals surface area contributed by atoms with Crippen molar-refractivity contribution in [3.63, 3.8) is 0 Å². The number of carbonyl (C=O) groups excluding carboxylic acids is 2. The standard InChI is InChI=1S/C36H44ClN3O9S/c1-5-36(4)18-16-28(22-31(36)26(2)23-37)27(3)24-39-19-17-29(25-39)48-33(42)15-11-14-32(41)46-20-9-10-21-47-34-35(40(43)49-38-34)50(44,45)30-12-7-6-8-13-30/h5-8,12-13,28-29,31H,1-3,11,14-25H2,4H3/t28-,29+,31+,36-/m1/s1. The number of hydrogen-bond acceptors (Lipinski definition) is 11. The van der Waals surface area contributed by atoms with Gasteiger partial charge in [0.2, 0.25) is 0 Å². The number of hydrogen-bond donors (Lipinski definition) is 0. The first-order chi connectivity index (χ1) is 23.9. The molecule has 1 saturated carbocycles. The molecule has 1 aliphatic heterocycles. The highest BCUT2D eigenvalue weighted by Gasteiger charge is 2.40. The molecule has 0 bridgehead atoms. The summed E-state index contributed by atoms with van der Waals surface area (Å²) in [5.41, 5.74) is 2.22. The molecule has 1 aromatic carbocycles. The van der Waals surface area contributed by atoms with E-state index in [9.17, 15) is 23.2 Å².